The second-order valence-corrected chi connectivity index (χ2v) is 15.1. The zero-order valence-corrected chi connectivity index (χ0v) is 29.0. The summed E-state index contributed by atoms with van der Waals surface area (Å²) in [6.07, 6.45) is 0.215. The summed E-state index contributed by atoms with van der Waals surface area (Å²) in [5.41, 5.74) is 2.78. The second-order valence-electron chi connectivity index (χ2n) is 12.3. The Hall–Kier alpha value is -3.85. The van der Waals surface area contributed by atoms with Crippen LogP contribution in [0.3, 0.4) is 0 Å². The number of halogens is 2. The molecule has 0 radical (unpaired) electrons. The van der Waals surface area contributed by atoms with Gasteiger partial charge in [-0.1, -0.05) is 83.4 Å². The molecule has 4 rings (SSSR count). The summed E-state index contributed by atoms with van der Waals surface area (Å²) in [6, 6.07) is 26.8. The maximum Gasteiger partial charge on any atom is 0.264 e. The van der Waals surface area contributed by atoms with Gasteiger partial charge in [-0.3, -0.25) is 13.9 Å². The van der Waals surface area contributed by atoms with Gasteiger partial charge in [-0.25, -0.2) is 8.42 Å². The van der Waals surface area contributed by atoms with E-state index in [1.54, 1.807) is 61.5 Å². The first-order chi connectivity index (χ1) is 21.6. The Labute approximate surface area is 282 Å². The van der Waals surface area contributed by atoms with Crippen LogP contribution in [-0.2, 0) is 32.6 Å². The van der Waals surface area contributed by atoms with E-state index in [1.807, 2.05) is 58.0 Å². The van der Waals surface area contributed by atoms with Crippen molar-refractivity contribution in [2.24, 2.45) is 0 Å². The van der Waals surface area contributed by atoms with Crippen molar-refractivity contribution in [2.45, 2.75) is 64.1 Å². The molecule has 0 aliphatic heterocycles. The van der Waals surface area contributed by atoms with Gasteiger partial charge in [0.1, 0.15) is 12.6 Å². The Balaban J connectivity index is 1.84. The van der Waals surface area contributed by atoms with Crippen LogP contribution in [0.1, 0.15) is 43.0 Å². The van der Waals surface area contributed by atoms with Crippen molar-refractivity contribution in [3.63, 3.8) is 0 Å². The van der Waals surface area contributed by atoms with Crippen LogP contribution in [0.2, 0.25) is 10.0 Å². The molecule has 0 aromatic heterocycles. The minimum absolute atomic E-state index is 0.0378. The molecule has 7 nitrogen and oxygen atoms in total. The molecule has 4 aromatic carbocycles. The lowest BCUT2D eigenvalue weighted by atomic mass is 10.0. The predicted molar refractivity (Wildman–Crippen MR) is 186 cm³/mol. The van der Waals surface area contributed by atoms with Crippen molar-refractivity contribution >= 4 is 50.7 Å². The van der Waals surface area contributed by atoms with Crippen molar-refractivity contribution in [1.29, 1.82) is 0 Å². The zero-order chi connectivity index (χ0) is 33.6. The van der Waals surface area contributed by atoms with Crippen LogP contribution >= 0.6 is 23.2 Å². The monoisotopic (exact) mass is 679 g/mol. The van der Waals surface area contributed by atoms with Gasteiger partial charge in [0.25, 0.3) is 10.0 Å². The molecule has 0 aliphatic carbocycles. The van der Waals surface area contributed by atoms with Crippen molar-refractivity contribution in [3.8, 4) is 0 Å². The number of nitrogens with one attached hydrogen (secondary N) is 1. The van der Waals surface area contributed by atoms with Gasteiger partial charge in [-0.15, -0.1) is 0 Å². The van der Waals surface area contributed by atoms with E-state index in [0.29, 0.717) is 21.3 Å². The van der Waals surface area contributed by atoms with Crippen LogP contribution in [0.4, 0.5) is 5.69 Å². The van der Waals surface area contributed by atoms with Gasteiger partial charge < -0.3 is 10.2 Å². The fourth-order valence-electron chi connectivity index (χ4n) is 5.04. The highest BCUT2D eigenvalue weighted by Crippen LogP contribution is 2.30. The predicted octanol–water partition coefficient (Wildman–Crippen LogP) is 7.36. The van der Waals surface area contributed by atoms with E-state index in [1.165, 1.54) is 17.0 Å². The summed E-state index contributed by atoms with van der Waals surface area (Å²) in [7, 11) is -4.22. The number of hydrogen-bond donors (Lipinski definition) is 1. The molecular weight excluding hydrogens is 641 g/mol. The Bertz CT molecular complexity index is 1770. The number of carbonyl (C=O) groups is 2. The lowest BCUT2D eigenvalue weighted by molar-refractivity contribution is -0.140. The molecule has 0 heterocycles. The number of sulfonamides is 1. The minimum Gasteiger partial charge on any atom is -0.350 e. The fraction of sp³-hybridized carbons (Fsp3) is 0.278. The number of benzene rings is 4. The molecule has 0 aliphatic rings. The van der Waals surface area contributed by atoms with E-state index in [2.05, 4.69) is 5.32 Å². The van der Waals surface area contributed by atoms with Gasteiger partial charge in [0.15, 0.2) is 0 Å². The zero-order valence-electron chi connectivity index (χ0n) is 26.6. The Kier molecular flexibility index (Phi) is 11.2. The maximum atomic E-state index is 14.6. The van der Waals surface area contributed by atoms with E-state index in [4.69, 9.17) is 23.2 Å². The van der Waals surface area contributed by atoms with E-state index in [-0.39, 0.29) is 23.8 Å². The standard InChI is InChI=1S/C36H39Cl2N3O4S/c1-25-11-18-31(19-12-25)46(44,45)41(32-20-17-30(38)21-26(32)2)24-34(42)40(23-28-13-15-29(37)16-14-28)33(35(43)39-36(3,4)5)22-27-9-7-6-8-10-27/h6-21,33H,22-24H2,1-5H3,(H,39,43)/t33-/m1/s1. The molecule has 4 aromatic rings. The molecule has 1 atom stereocenters. The van der Waals surface area contributed by atoms with Crippen LogP contribution in [-0.4, -0.2) is 43.3 Å². The molecule has 0 saturated heterocycles. The van der Waals surface area contributed by atoms with Gasteiger partial charge >= 0.3 is 0 Å². The van der Waals surface area contributed by atoms with Gasteiger partial charge in [-0.05, 0) is 93.8 Å². The summed E-state index contributed by atoms with van der Waals surface area (Å²) < 4.78 is 29.6. The second kappa shape index (κ2) is 14.7. The molecule has 0 saturated carbocycles. The van der Waals surface area contributed by atoms with E-state index in [0.717, 1.165) is 21.0 Å². The molecule has 46 heavy (non-hydrogen) atoms. The van der Waals surface area contributed by atoms with Crippen molar-refractivity contribution in [3.05, 3.63) is 129 Å². The molecule has 0 fully saturated rings. The Morgan fingerprint density at radius 2 is 1.41 bits per heavy atom. The molecule has 242 valence electrons. The molecule has 10 heteroatoms. The Morgan fingerprint density at radius 1 is 0.804 bits per heavy atom. The van der Waals surface area contributed by atoms with Crippen LogP contribution in [0.5, 0.6) is 0 Å². The van der Waals surface area contributed by atoms with E-state index < -0.39 is 34.1 Å². The maximum absolute atomic E-state index is 14.6. The quantitative estimate of drug-likeness (QED) is 0.179. The molecule has 0 unspecified atom stereocenters. The molecular formula is C36H39Cl2N3O4S. The van der Waals surface area contributed by atoms with Gasteiger partial charge in [-0.2, -0.15) is 0 Å². The van der Waals surface area contributed by atoms with E-state index in [9.17, 15) is 18.0 Å². The average molecular weight is 681 g/mol. The number of aryl methyl sites for hydroxylation is 2. The lowest BCUT2D eigenvalue weighted by Gasteiger charge is -2.35. The summed E-state index contributed by atoms with van der Waals surface area (Å²) >= 11 is 12.4. The third-order valence-corrected chi connectivity index (χ3v) is 9.61. The first-order valence-corrected chi connectivity index (χ1v) is 17.1. The number of hydrogen-bond acceptors (Lipinski definition) is 4. The molecule has 0 bridgehead atoms. The number of amides is 2. The SMILES string of the molecule is Cc1ccc(S(=O)(=O)N(CC(=O)N(Cc2ccc(Cl)cc2)[C@H](Cc2ccccc2)C(=O)NC(C)(C)C)c2ccc(Cl)cc2C)cc1. The normalized spacial score (nSPS) is 12.3. The van der Waals surface area contributed by atoms with Crippen LogP contribution < -0.4 is 9.62 Å². The third-order valence-electron chi connectivity index (χ3n) is 7.35. The van der Waals surface area contributed by atoms with Gasteiger partial charge in [0, 0.05) is 28.5 Å². The van der Waals surface area contributed by atoms with Gasteiger partial charge in [0.2, 0.25) is 11.8 Å². The highest BCUT2D eigenvalue weighted by atomic mass is 35.5. The average Bonchev–Trinajstić information content (AvgIpc) is 2.98. The first kappa shape index (κ1) is 35.0. The molecule has 1 N–H and O–H groups in total. The number of carbonyl (C=O) groups excluding carboxylic acids is 2. The highest BCUT2D eigenvalue weighted by Gasteiger charge is 2.36. The first-order valence-electron chi connectivity index (χ1n) is 14.9. The minimum atomic E-state index is -4.22. The topological polar surface area (TPSA) is 86.8 Å². The number of nitrogens with zero attached hydrogens (tertiary/aromatic N) is 2. The van der Waals surface area contributed by atoms with Crippen molar-refractivity contribution < 1.29 is 18.0 Å². The number of rotatable bonds is 11. The lowest BCUT2D eigenvalue weighted by Crippen LogP contribution is -2.56. The fourth-order valence-corrected chi connectivity index (χ4v) is 6.87. The largest absolute Gasteiger partial charge is 0.350 e. The van der Waals surface area contributed by atoms with Crippen LogP contribution in [0, 0.1) is 13.8 Å². The third kappa shape index (κ3) is 9.12. The summed E-state index contributed by atoms with van der Waals surface area (Å²) in [5.74, 6) is -0.903. The number of anilines is 1. The molecule has 2 amide bonds. The van der Waals surface area contributed by atoms with Crippen LogP contribution in [0.15, 0.2) is 102 Å². The van der Waals surface area contributed by atoms with Gasteiger partial charge in [0.05, 0.1) is 10.6 Å². The molecule has 0 spiro atoms. The van der Waals surface area contributed by atoms with Crippen LogP contribution in [0.25, 0.3) is 0 Å². The Morgan fingerprint density at radius 3 is 2.00 bits per heavy atom. The van der Waals surface area contributed by atoms with Crippen molar-refractivity contribution in [2.75, 3.05) is 10.8 Å². The highest BCUT2D eigenvalue weighted by molar-refractivity contribution is 7.92. The summed E-state index contributed by atoms with van der Waals surface area (Å²) in [5, 5.41) is 4.00. The van der Waals surface area contributed by atoms with E-state index >= 15 is 0 Å². The van der Waals surface area contributed by atoms with Crippen molar-refractivity contribution in [1.82, 2.24) is 10.2 Å². The summed E-state index contributed by atoms with van der Waals surface area (Å²) in [4.78, 5) is 30.1. The summed E-state index contributed by atoms with van der Waals surface area (Å²) in [6.45, 7) is 8.71. The smallest absolute Gasteiger partial charge is 0.264 e.